The number of nitrogens with zero attached hydrogens (tertiary/aromatic N) is 4. The molecule has 1 aromatic heterocycles. The second-order valence-corrected chi connectivity index (χ2v) is 10.1. The molecule has 38 heavy (non-hydrogen) atoms. The molecule has 0 fully saturated rings. The number of hydrogen-bond acceptors (Lipinski definition) is 6. The summed E-state index contributed by atoms with van der Waals surface area (Å²) in [6.07, 6.45) is -4.02. The van der Waals surface area contributed by atoms with Gasteiger partial charge in [-0.15, -0.1) is 0 Å². The number of carbonyl (C=O) groups is 2. The number of imidazole rings is 1. The fourth-order valence-electron chi connectivity index (χ4n) is 3.90. The first-order valence-electron chi connectivity index (χ1n) is 11.5. The van der Waals surface area contributed by atoms with Crippen molar-refractivity contribution in [1.82, 2.24) is 19.8 Å². The van der Waals surface area contributed by atoms with Crippen molar-refractivity contribution >= 4 is 11.9 Å². The Morgan fingerprint density at radius 2 is 1.79 bits per heavy atom. The largest absolute Gasteiger partial charge is 0.460 e. The van der Waals surface area contributed by atoms with Gasteiger partial charge in [-0.05, 0) is 23.5 Å². The summed E-state index contributed by atoms with van der Waals surface area (Å²) in [5, 5.41) is 11.3. The van der Waals surface area contributed by atoms with Gasteiger partial charge in [0, 0.05) is 31.6 Å². The molecule has 14 heteroatoms. The molecular weight excluding hydrogens is 520 g/mol. The van der Waals surface area contributed by atoms with E-state index in [2.05, 4.69) is 10.3 Å². The minimum Gasteiger partial charge on any atom is -0.460 e. The number of nitrogens with one attached hydrogen (secondary N) is 1. The van der Waals surface area contributed by atoms with Crippen molar-refractivity contribution in [2.45, 2.75) is 58.9 Å². The number of aromatic nitrogens is 2. The monoisotopic (exact) mass is 545 g/mol. The lowest BCUT2D eigenvalue weighted by Gasteiger charge is -2.30. The molecule has 0 saturated heterocycles. The van der Waals surface area contributed by atoms with Gasteiger partial charge in [-0.1, -0.05) is 20.8 Å². The van der Waals surface area contributed by atoms with Crippen LogP contribution >= 0.6 is 0 Å². The number of amides is 1. The molecule has 0 saturated carbocycles. The maximum atomic E-state index is 14.1. The second kappa shape index (κ2) is 10.9. The first kappa shape index (κ1) is 28.8. The van der Waals surface area contributed by atoms with Crippen molar-refractivity contribution in [1.29, 1.82) is 5.26 Å². The molecule has 1 aromatic carbocycles. The summed E-state index contributed by atoms with van der Waals surface area (Å²) >= 11 is 0. The molecule has 1 unspecified atom stereocenters. The van der Waals surface area contributed by atoms with E-state index >= 15 is 0 Å². The van der Waals surface area contributed by atoms with Gasteiger partial charge >= 0.3 is 12.1 Å². The van der Waals surface area contributed by atoms with Crippen LogP contribution in [0.2, 0.25) is 0 Å². The Bertz CT molecular complexity index is 1260. The molecule has 0 bridgehead atoms. The van der Waals surface area contributed by atoms with E-state index in [1.54, 1.807) is 27.0 Å². The summed E-state index contributed by atoms with van der Waals surface area (Å²) in [6.45, 7) is 4.34. The highest BCUT2D eigenvalue weighted by molar-refractivity contribution is 5.89. The zero-order chi connectivity index (χ0) is 28.4. The molecule has 1 aliphatic rings. The highest BCUT2D eigenvalue weighted by atomic mass is 19.4. The van der Waals surface area contributed by atoms with E-state index < -0.39 is 71.4 Å². The van der Waals surface area contributed by atoms with Crippen LogP contribution in [-0.4, -0.2) is 45.5 Å². The Balaban J connectivity index is 1.82. The topological polar surface area (TPSA) is 100 Å². The number of carbonyl (C=O) groups excluding carboxylic acids is 2. The number of halogens is 6. The predicted molar refractivity (Wildman–Crippen MR) is 120 cm³/mol. The fourth-order valence-corrected chi connectivity index (χ4v) is 3.90. The van der Waals surface area contributed by atoms with Crippen LogP contribution in [-0.2, 0) is 35.2 Å². The molecule has 2 aromatic rings. The molecular formula is C24H25F6N5O3. The van der Waals surface area contributed by atoms with Gasteiger partial charge in [0.15, 0.2) is 23.5 Å². The number of ether oxygens (including phenoxy) is 1. The third kappa shape index (κ3) is 6.76. The molecule has 206 valence electrons. The van der Waals surface area contributed by atoms with Gasteiger partial charge in [0.05, 0.1) is 18.8 Å². The molecule has 8 nitrogen and oxygen atoms in total. The van der Waals surface area contributed by atoms with E-state index in [4.69, 9.17) is 10.00 Å². The van der Waals surface area contributed by atoms with Crippen molar-refractivity contribution in [3.63, 3.8) is 0 Å². The summed E-state index contributed by atoms with van der Waals surface area (Å²) < 4.78 is 87.7. The van der Waals surface area contributed by atoms with Crippen LogP contribution in [0.3, 0.4) is 0 Å². The molecule has 0 radical (unpaired) electrons. The summed E-state index contributed by atoms with van der Waals surface area (Å²) in [7, 11) is 0. The average molecular weight is 545 g/mol. The van der Waals surface area contributed by atoms with Gasteiger partial charge in [-0.3, -0.25) is 4.79 Å². The minimum absolute atomic E-state index is 0.0792. The summed E-state index contributed by atoms with van der Waals surface area (Å²) in [4.78, 5) is 30.3. The number of hydrogen-bond donors (Lipinski definition) is 1. The zero-order valence-electron chi connectivity index (χ0n) is 20.8. The van der Waals surface area contributed by atoms with Crippen LogP contribution in [0.25, 0.3) is 0 Å². The number of esters is 1. The van der Waals surface area contributed by atoms with Gasteiger partial charge < -0.3 is 19.5 Å². The van der Waals surface area contributed by atoms with Gasteiger partial charge in [0.25, 0.3) is 0 Å². The normalized spacial score (nSPS) is 14.5. The van der Waals surface area contributed by atoms with Gasteiger partial charge in [0.2, 0.25) is 11.7 Å². The van der Waals surface area contributed by atoms with Crippen LogP contribution in [0.4, 0.5) is 26.3 Å². The lowest BCUT2D eigenvalue weighted by molar-refractivity contribution is -0.148. The van der Waals surface area contributed by atoms with Gasteiger partial charge in [-0.2, -0.15) is 18.4 Å². The Morgan fingerprint density at radius 1 is 1.13 bits per heavy atom. The van der Waals surface area contributed by atoms with Crippen molar-refractivity contribution < 1.29 is 40.7 Å². The second-order valence-electron chi connectivity index (χ2n) is 10.1. The molecule has 0 spiro atoms. The summed E-state index contributed by atoms with van der Waals surface area (Å²) in [5.41, 5.74) is -1.46. The third-order valence-electron chi connectivity index (χ3n) is 5.69. The highest BCUT2D eigenvalue weighted by Gasteiger charge is 2.42. The Hall–Kier alpha value is -3.76. The van der Waals surface area contributed by atoms with E-state index in [1.807, 2.05) is 0 Å². The highest BCUT2D eigenvalue weighted by Crippen LogP contribution is 2.33. The molecule has 2 heterocycles. The maximum absolute atomic E-state index is 14.1. The van der Waals surface area contributed by atoms with E-state index in [0.29, 0.717) is 12.1 Å². The Kier molecular flexibility index (Phi) is 8.28. The van der Waals surface area contributed by atoms with Crippen LogP contribution < -0.4 is 5.32 Å². The van der Waals surface area contributed by atoms with Crippen molar-refractivity contribution in [3.8, 4) is 6.19 Å². The first-order valence-corrected chi connectivity index (χ1v) is 11.5. The molecule has 1 aliphatic heterocycles. The number of benzene rings is 1. The Morgan fingerprint density at radius 3 is 2.39 bits per heavy atom. The lowest BCUT2D eigenvalue weighted by Crippen LogP contribution is -2.42. The summed E-state index contributed by atoms with van der Waals surface area (Å²) in [5.74, 6) is -6.76. The number of alkyl halides is 3. The minimum atomic E-state index is -4.86. The van der Waals surface area contributed by atoms with E-state index in [-0.39, 0.29) is 37.4 Å². The van der Waals surface area contributed by atoms with Crippen molar-refractivity contribution in [3.05, 3.63) is 52.4 Å². The summed E-state index contributed by atoms with van der Waals surface area (Å²) in [6, 6.07) is -0.0599. The third-order valence-corrected chi connectivity index (χ3v) is 5.69. The van der Waals surface area contributed by atoms with Crippen LogP contribution in [0, 0.1) is 34.3 Å². The van der Waals surface area contributed by atoms with E-state index in [1.165, 1.54) is 4.90 Å². The van der Waals surface area contributed by atoms with Gasteiger partial charge in [0.1, 0.15) is 5.82 Å². The molecule has 1 atom stereocenters. The van der Waals surface area contributed by atoms with E-state index in [9.17, 15) is 35.9 Å². The predicted octanol–water partition coefficient (Wildman–Crippen LogP) is 3.94. The number of fused-ring (bicyclic) bond motifs is 1. The van der Waals surface area contributed by atoms with Crippen LogP contribution in [0.1, 0.15) is 54.8 Å². The first-order chi connectivity index (χ1) is 17.6. The standard InChI is InChI=1S/C24H25F6N5O3/c1-23(2,3)11-38-21(37)20-18-10-34(4-5-35(18)22(33-20)24(28,29)30)19(36)8-14(32-12-31)6-13-7-16(26)17(27)9-15(13)25/h7,9,14,32H,4-6,8,10-11H2,1-3H3. The lowest BCUT2D eigenvalue weighted by atomic mass is 9.99. The molecule has 1 N–H and O–H groups in total. The Labute approximate surface area is 214 Å². The SMILES string of the molecule is CC(C)(C)COC(=O)c1nc(C(F)(F)F)n2c1CN(C(=O)CC(Cc1cc(F)c(F)cc1F)NC#N)CC2. The van der Waals surface area contributed by atoms with Crippen molar-refractivity contribution in [2.24, 2.45) is 5.41 Å². The van der Waals surface area contributed by atoms with Crippen LogP contribution in [0.5, 0.6) is 0 Å². The average Bonchev–Trinajstić information content (AvgIpc) is 3.20. The van der Waals surface area contributed by atoms with Crippen molar-refractivity contribution in [2.75, 3.05) is 13.2 Å². The van der Waals surface area contributed by atoms with Crippen LogP contribution in [0.15, 0.2) is 12.1 Å². The van der Waals surface area contributed by atoms with E-state index in [0.717, 1.165) is 4.57 Å². The molecule has 1 amide bonds. The fraction of sp³-hybridized carbons (Fsp3) is 0.500. The smallest absolute Gasteiger partial charge is 0.449 e. The molecule has 0 aliphatic carbocycles. The zero-order valence-corrected chi connectivity index (χ0v) is 20.8. The molecule has 3 rings (SSSR count). The quantitative estimate of drug-likeness (QED) is 0.186. The number of nitriles is 1. The number of rotatable bonds is 7. The van der Waals surface area contributed by atoms with Gasteiger partial charge in [-0.25, -0.2) is 22.9 Å². The maximum Gasteiger partial charge on any atom is 0.449 e.